The van der Waals surface area contributed by atoms with E-state index in [2.05, 4.69) is 20.6 Å². The zero-order valence-corrected chi connectivity index (χ0v) is 16.8. The molecule has 26 heavy (non-hydrogen) atoms. The van der Waals surface area contributed by atoms with Gasteiger partial charge in [0.05, 0.1) is 0 Å². The van der Waals surface area contributed by atoms with Crippen LogP contribution in [0.4, 0.5) is 4.79 Å². The van der Waals surface area contributed by atoms with E-state index in [1.165, 1.54) is 18.7 Å². The summed E-state index contributed by atoms with van der Waals surface area (Å²) >= 11 is 1.46. The van der Waals surface area contributed by atoms with Gasteiger partial charge >= 0.3 is 12.0 Å². The number of aromatic nitrogens is 2. The van der Waals surface area contributed by atoms with Crippen molar-refractivity contribution < 1.29 is 19.1 Å². The number of hydrogen-bond donors (Lipinski definition) is 2. The Hall–Kier alpha value is -2.16. The number of nitrogens with one attached hydrogen (secondary N) is 2. The van der Waals surface area contributed by atoms with E-state index in [1.54, 1.807) is 13.8 Å². The number of esters is 1. The Labute approximate surface area is 157 Å². The molecule has 0 aliphatic rings. The van der Waals surface area contributed by atoms with Gasteiger partial charge in [-0.1, -0.05) is 11.8 Å². The van der Waals surface area contributed by atoms with Crippen LogP contribution < -0.4 is 10.6 Å². The van der Waals surface area contributed by atoms with Crippen molar-refractivity contribution in [2.45, 2.75) is 64.8 Å². The maximum absolute atomic E-state index is 12.0. The van der Waals surface area contributed by atoms with Crippen LogP contribution in [0.2, 0.25) is 0 Å². The lowest BCUT2D eigenvalue weighted by molar-refractivity contribution is -0.154. The molecule has 1 aromatic heterocycles. The molecule has 9 heteroatoms. The lowest BCUT2D eigenvalue weighted by atomic mass is 10.1. The first-order valence-corrected chi connectivity index (χ1v) is 9.55. The Balaban J connectivity index is 2.54. The fourth-order valence-electron chi connectivity index (χ4n) is 2.21. The number of rotatable bonds is 7. The van der Waals surface area contributed by atoms with E-state index in [0.717, 1.165) is 17.0 Å². The average Bonchev–Trinajstić information content (AvgIpc) is 2.52. The molecule has 0 aromatic carbocycles. The van der Waals surface area contributed by atoms with E-state index in [9.17, 15) is 14.4 Å². The van der Waals surface area contributed by atoms with E-state index >= 15 is 0 Å². The van der Waals surface area contributed by atoms with Crippen LogP contribution in [0.1, 0.15) is 44.1 Å². The molecule has 0 saturated heterocycles. The van der Waals surface area contributed by atoms with Crippen LogP contribution in [0, 0.1) is 13.8 Å². The zero-order valence-electron chi connectivity index (χ0n) is 16.0. The Morgan fingerprint density at radius 2 is 1.69 bits per heavy atom. The third-order valence-corrected chi connectivity index (χ3v) is 4.04. The van der Waals surface area contributed by atoms with Crippen molar-refractivity contribution >= 4 is 29.7 Å². The molecule has 1 heterocycles. The maximum Gasteiger partial charge on any atom is 0.321 e. The number of nitrogens with zero attached hydrogens (tertiary/aromatic N) is 2. The fraction of sp³-hybridized carbons (Fsp3) is 0.588. The Morgan fingerprint density at radius 1 is 1.12 bits per heavy atom. The van der Waals surface area contributed by atoms with Gasteiger partial charge in [-0.25, -0.2) is 14.8 Å². The summed E-state index contributed by atoms with van der Waals surface area (Å²) in [6.07, 6.45) is 1.36. The minimum atomic E-state index is -1.06. The predicted octanol–water partition coefficient (Wildman–Crippen LogP) is 1.91. The van der Waals surface area contributed by atoms with Gasteiger partial charge in [0.15, 0.2) is 11.3 Å². The molecule has 3 amide bonds. The van der Waals surface area contributed by atoms with Crippen LogP contribution in [-0.2, 0) is 20.7 Å². The van der Waals surface area contributed by atoms with E-state index in [1.807, 2.05) is 20.1 Å². The van der Waals surface area contributed by atoms with E-state index in [0.29, 0.717) is 11.6 Å². The second-order valence-corrected chi connectivity index (χ2v) is 6.88. The number of amides is 3. The van der Waals surface area contributed by atoms with Crippen LogP contribution in [-0.4, -0.2) is 46.3 Å². The van der Waals surface area contributed by atoms with Crippen LogP contribution in [0.25, 0.3) is 0 Å². The topological polar surface area (TPSA) is 110 Å². The lowest BCUT2D eigenvalue weighted by Gasteiger charge is -2.15. The average molecular weight is 382 g/mol. The summed E-state index contributed by atoms with van der Waals surface area (Å²) in [7, 11) is 0. The molecular weight excluding hydrogens is 356 g/mol. The van der Waals surface area contributed by atoms with Gasteiger partial charge in [-0.05, 0) is 52.9 Å². The zero-order chi connectivity index (χ0) is 19.9. The summed E-state index contributed by atoms with van der Waals surface area (Å²) in [6.45, 7) is 8.71. The first-order chi connectivity index (χ1) is 12.1. The van der Waals surface area contributed by atoms with Gasteiger partial charge in [-0.3, -0.25) is 14.9 Å². The number of imide groups is 1. The lowest BCUT2D eigenvalue weighted by Crippen LogP contribution is -2.46. The highest BCUT2D eigenvalue weighted by Gasteiger charge is 2.20. The third-order valence-electron chi connectivity index (χ3n) is 3.50. The number of urea groups is 1. The molecule has 8 nitrogen and oxygen atoms in total. The van der Waals surface area contributed by atoms with Gasteiger partial charge in [0.25, 0.3) is 5.91 Å². The first-order valence-electron chi connectivity index (χ1n) is 8.33. The van der Waals surface area contributed by atoms with Crippen LogP contribution in [0.3, 0.4) is 0 Å². The molecule has 1 atom stereocenters. The van der Waals surface area contributed by atoms with Crippen molar-refractivity contribution in [3.05, 3.63) is 17.0 Å². The third kappa shape index (κ3) is 6.99. The molecule has 0 fully saturated rings. The molecule has 144 valence electrons. The summed E-state index contributed by atoms with van der Waals surface area (Å²) in [6, 6.07) is -0.725. The second-order valence-electron chi connectivity index (χ2n) is 6.11. The highest BCUT2D eigenvalue weighted by atomic mass is 32.2. The van der Waals surface area contributed by atoms with Crippen LogP contribution >= 0.6 is 11.8 Å². The van der Waals surface area contributed by atoms with Gasteiger partial charge in [0.1, 0.15) is 0 Å². The summed E-state index contributed by atoms with van der Waals surface area (Å²) in [5.41, 5.74) is 2.55. The fourth-order valence-corrected chi connectivity index (χ4v) is 2.67. The van der Waals surface area contributed by atoms with Crippen molar-refractivity contribution in [3.8, 4) is 0 Å². The van der Waals surface area contributed by atoms with E-state index in [-0.39, 0.29) is 12.5 Å². The largest absolute Gasteiger partial charge is 0.453 e. The minimum absolute atomic E-state index is 0.0967. The van der Waals surface area contributed by atoms with Crippen molar-refractivity contribution in [2.24, 2.45) is 0 Å². The molecule has 0 saturated carbocycles. The van der Waals surface area contributed by atoms with Crippen molar-refractivity contribution in [2.75, 3.05) is 6.26 Å². The first kappa shape index (κ1) is 21.9. The van der Waals surface area contributed by atoms with Gasteiger partial charge in [0.2, 0.25) is 0 Å². The maximum atomic E-state index is 12.0. The standard InChI is InChI=1S/C17H26N4O4S/c1-9(2)18-16(24)21-15(23)12(5)25-14(22)8-7-13-10(3)19-17(26-6)20-11(13)4/h9,12H,7-8H2,1-6H3,(H2,18,21,23,24)/t12-/m1/s1. The number of ether oxygens (including phenoxy) is 1. The molecule has 1 aromatic rings. The predicted molar refractivity (Wildman–Crippen MR) is 99.0 cm³/mol. The van der Waals surface area contributed by atoms with Crippen molar-refractivity contribution in [1.82, 2.24) is 20.6 Å². The molecular formula is C17H26N4O4S. The Bertz CT molecular complexity index is 656. The van der Waals surface area contributed by atoms with E-state index < -0.39 is 24.0 Å². The minimum Gasteiger partial charge on any atom is -0.453 e. The Kier molecular flexibility index (Phi) is 8.50. The van der Waals surface area contributed by atoms with E-state index in [4.69, 9.17) is 4.74 Å². The normalized spacial score (nSPS) is 11.8. The smallest absolute Gasteiger partial charge is 0.321 e. The quantitative estimate of drug-likeness (QED) is 0.421. The number of carbonyl (C=O) groups excluding carboxylic acids is 3. The molecule has 0 aliphatic heterocycles. The summed E-state index contributed by atoms with van der Waals surface area (Å²) in [5, 5.41) is 5.35. The van der Waals surface area contributed by atoms with Gasteiger partial charge in [-0.15, -0.1) is 0 Å². The SMILES string of the molecule is CSc1nc(C)c(CCC(=O)O[C@H](C)C(=O)NC(=O)NC(C)C)c(C)n1. The summed E-state index contributed by atoms with van der Waals surface area (Å²) in [5.74, 6) is -1.19. The highest BCUT2D eigenvalue weighted by Crippen LogP contribution is 2.17. The van der Waals surface area contributed by atoms with Gasteiger partial charge in [-0.2, -0.15) is 0 Å². The molecule has 2 N–H and O–H groups in total. The monoisotopic (exact) mass is 382 g/mol. The highest BCUT2D eigenvalue weighted by molar-refractivity contribution is 7.98. The van der Waals surface area contributed by atoms with Crippen molar-refractivity contribution in [1.29, 1.82) is 0 Å². The Morgan fingerprint density at radius 3 is 2.19 bits per heavy atom. The number of hydrogen-bond acceptors (Lipinski definition) is 7. The molecule has 0 aliphatic carbocycles. The van der Waals surface area contributed by atoms with Gasteiger partial charge < -0.3 is 10.1 Å². The van der Waals surface area contributed by atoms with Crippen LogP contribution in [0.5, 0.6) is 0 Å². The molecule has 0 spiro atoms. The summed E-state index contributed by atoms with van der Waals surface area (Å²) < 4.78 is 5.09. The summed E-state index contributed by atoms with van der Waals surface area (Å²) in [4.78, 5) is 44.1. The number of aryl methyl sites for hydroxylation is 2. The second kappa shape index (κ2) is 10.1. The molecule has 0 radical (unpaired) electrons. The van der Waals surface area contributed by atoms with Gasteiger partial charge in [0, 0.05) is 23.9 Å². The molecule has 0 bridgehead atoms. The van der Waals surface area contributed by atoms with Crippen LogP contribution in [0.15, 0.2) is 5.16 Å². The molecule has 1 rings (SSSR count). The number of carbonyl (C=O) groups is 3. The van der Waals surface area contributed by atoms with Crippen molar-refractivity contribution in [3.63, 3.8) is 0 Å². The molecule has 0 unspecified atom stereocenters. The number of thioether (sulfide) groups is 1.